The molecule has 0 nitrogen and oxygen atoms in total. The Morgan fingerprint density at radius 2 is 1.23 bits per heavy atom. The maximum absolute atomic E-state index is 3.50. The van der Waals surface area contributed by atoms with E-state index in [1.807, 2.05) is 6.07 Å². The Morgan fingerprint density at radius 3 is 1.97 bits per heavy atom. The molecule has 6 aromatic rings. The molecule has 6 aromatic carbocycles. The van der Waals surface area contributed by atoms with Crippen LogP contribution in [0.2, 0.25) is 0 Å². The number of fused-ring (bicyclic) bond motifs is 7. The Kier molecular flexibility index (Phi) is 8.20. The van der Waals surface area contributed by atoms with Crippen molar-refractivity contribution in [3.8, 4) is 22.3 Å². The molecule has 2 aliphatic rings. The van der Waals surface area contributed by atoms with Crippen molar-refractivity contribution in [3.63, 3.8) is 0 Å². The number of aryl methyl sites for hydroxylation is 3. The van der Waals surface area contributed by atoms with Crippen LogP contribution in [-0.2, 0) is 39.0 Å². The van der Waals surface area contributed by atoms with Crippen LogP contribution < -0.4 is 0 Å². The van der Waals surface area contributed by atoms with Crippen LogP contribution in [0.5, 0.6) is 0 Å². The van der Waals surface area contributed by atoms with Gasteiger partial charge in [0, 0.05) is 0 Å². The molecule has 0 saturated carbocycles. The van der Waals surface area contributed by atoms with Gasteiger partial charge in [0.1, 0.15) is 0 Å². The number of rotatable bonds is 0. The molecule has 1 radical (unpaired) electrons. The largest absolute Gasteiger partial charge is 3.00 e. The number of benzene rings is 5. The fraction of sp³-hybridized carbons (Fsp3) is 0.132. The molecule has 0 N–H and O–H groups in total. The van der Waals surface area contributed by atoms with Crippen molar-refractivity contribution in [2.45, 2.75) is 33.6 Å². The van der Waals surface area contributed by atoms with Crippen molar-refractivity contribution in [2.24, 2.45) is 0 Å². The summed E-state index contributed by atoms with van der Waals surface area (Å²) in [6.45, 7) is 6.42. The molecule has 0 fully saturated rings. The average Bonchev–Trinajstić information content (AvgIpc) is 3.61. The molecule has 0 saturated heterocycles. The first-order chi connectivity index (χ1) is 18.6. The van der Waals surface area contributed by atoms with Gasteiger partial charge < -0.3 is 0 Å². The predicted molar refractivity (Wildman–Crippen MR) is 161 cm³/mol. The van der Waals surface area contributed by atoms with Crippen molar-refractivity contribution < 1.29 is 26.2 Å². The SMILES string of the molecule is Cc1[c-]c2c(cc1C)-c1ccccc1C2.Cc1cc2ccccc2[cH-]1.[Zr+3].[c-]1cccc2c1Cc1ccccc1-2. The van der Waals surface area contributed by atoms with Gasteiger partial charge in [0.15, 0.2) is 0 Å². The van der Waals surface area contributed by atoms with Crippen LogP contribution in [0.15, 0.2) is 109 Å². The molecule has 0 heterocycles. The Hall–Kier alpha value is -3.41. The van der Waals surface area contributed by atoms with Crippen LogP contribution >= 0.6 is 0 Å². The minimum absolute atomic E-state index is 0. The second kappa shape index (κ2) is 11.8. The molecular weight excluding hydrogens is 548 g/mol. The first-order valence-corrected chi connectivity index (χ1v) is 13.4. The summed E-state index contributed by atoms with van der Waals surface area (Å²) in [5, 5.41) is 2.69. The monoisotopic (exact) mass is 577 g/mol. The Labute approximate surface area is 251 Å². The molecule has 0 atom stereocenters. The molecule has 8 rings (SSSR count). The fourth-order valence-corrected chi connectivity index (χ4v) is 5.62. The van der Waals surface area contributed by atoms with Gasteiger partial charge in [0.05, 0.1) is 0 Å². The van der Waals surface area contributed by atoms with E-state index in [-0.39, 0.29) is 26.2 Å². The predicted octanol–water partition coefficient (Wildman–Crippen LogP) is 9.60. The third-order valence-corrected chi connectivity index (χ3v) is 7.67. The zero-order chi connectivity index (χ0) is 26.1. The molecule has 0 unspecified atom stereocenters. The summed E-state index contributed by atoms with van der Waals surface area (Å²) in [5.74, 6) is 0. The van der Waals surface area contributed by atoms with Gasteiger partial charge >= 0.3 is 26.2 Å². The zero-order valence-corrected chi connectivity index (χ0v) is 25.3. The van der Waals surface area contributed by atoms with Crippen molar-refractivity contribution in [1.29, 1.82) is 0 Å². The van der Waals surface area contributed by atoms with E-state index in [0.29, 0.717) is 0 Å². The van der Waals surface area contributed by atoms with E-state index in [0.717, 1.165) is 12.8 Å². The van der Waals surface area contributed by atoms with Crippen LogP contribution in [0, 0.1) is 32.9 Å². The molecular formula is C38H31Zr. The maximum atomic E-state index is 3.50. The summed E-state index contributed by atoms with van der Waals surface area (Å²) in [6, 6.07) is 45.4. The summed E-state index contributed by atoms with van der Waals surface area (Å²) in [5.41, 5.74) is 15.1. The molecule has 1 heteroatoms. The summed E-state index contributed by atoms with van der Waals surface area (Å²) < 4.78 is 0. The molecule has 187 valence electrons. The van der Waals surface area contributed by atoms with E-state index in [4.69, 9.17) is 0 Å². The quantitative estimate of drug-likeness (QED) is 0.157. The zero-order valence-electron chi connectivity index (χ0n) is 22.8. The number of hydrogen-bond acceptors (Lipinski definition) is 0. The van der Waals surface area contributed by atoms with E-state index >= 15 is 0 Å². The van der Waals surface area contributed by atoms with Crippen molar-refractivity contribution in [2.75, 3.05) is 0 Å². The second-order valence-corrected chi connectivity index (χ2v) is 10.4. The smallest absolute Gasteiger partial charge is 0.179 e. The fourth-order valence-electron chi connectivity index (χ4n) is 5.62. The topological polar surface area (TPSA) is 0 Å². The van der Waals surface area contributed by atoms with Crippen molar-refractivity contribution in [1.82, 2.24) is 0 Å². The van der Waals surface area contributed by atoms with Gasteiger partial charge in [0.2, 0.25) is 0 Å². The minimum Gasteiger partial charge on any atom is -0.179 e. The van der Waals surface area contributed by atoms with Gasteiger partial charge in [0.25, 0.3) is 0 Å². The number of hydrogen-bond donors (Lipinski definition) is 0. The molecule has 0 aliphatic heterocycles. The molecule has 0 amide bonds. The molecule has 39 heavy (non-hydrogen) atoms. The van der Waals surface area contributed by atoms with Gasteiger partial charge in [-0.05, 0) is 12.8 Å². The molecule has 0 aromatic heterocycles. The van der Waals surface area contributed by atoms with Gasteiger partial charge in [-0.2, -0.15) is 59.2 Å². The summed E-state index contributed by atoms with van der Waals surface area (Å²) >= 11 is 0. The van der Waals surface area contributed by atoms with E-state index in [1.165, 1.54) is 72.0 Å². The van der Waals surface area contributed by atoms with Crippen LogP contribution in [0.25, 0.3) is 33.0 Å². The van der Waals surface area contributed by atoms with Gasteiger partial charge in [-0.25, -0.2) is 0 Å². The Balaban J connectivity index is 0.000000119. The third kappa shape index (κ3) is 5.66. The van der Waals surface area contributed by atoms with E-state index in [1.54, 1.807) is 0 Å². The standard InChI is InChI=1S/C15H13.C13H9.C10H9.Zr/c1-10-7-13-9-12-5-3-4-6-14(12)15(13)8-11(10)2;1-3-7-12-10(5-1)9-11-6-2-4-8-13(11)12;1-8-6-9-4-2-3-5-10(9)7-8;/h3-6,8H,9H2,1-2H3;1-5,7-8H,9H2;2-7H,1H3;/q3*-1;+3. The first-order valence-electron chi connectivity index (χ1n) is 13.4. The van der Waals surface area contributed by atoms with Crippen molar-refractivity contribution in [3.05, 3.63) is 160 Å². The molecule has 0 spiro atoms. The van der Waals surface area contributed by atoms with E-state index in [9.17, 15) is 0 Å². The Morgan fingerprint density at radius 1 is 0.615 bits per heavy atom. The molecule has 2 aliphatic carbocycles. The maximum Gasteiger partial charge on any atom is 3.00 e. The third-order valence-electron chi connectivity index (χ3n) is 7.67. The summed E-state index contributed by atoms with van der Waals surface area (Å²) in [4.78, 5) is 0. The van der Waals surface area contributed by atoms with Gasteiger partial charge in [-0.1, -0.05) is 97.6 Å². The average molecular weight is 579 g/mol. The van der Waals surface area contributed by atoms with Crippen molar-refractivity contribution >= 4 is 10.8 Å². The van der Waals surface area contributed by atoms with Crippen LogP contribution in [-0.4, -0.2) is 0 Å². The van der Waals surface area contributed by atoms with Crippen LogP contribution in [0.4, 0.5) is 0 Å². The van der Waals surface area contributed by atoms with E-state index < -0.39 is 0 Å². The summed E-state index contributed by atoms with van der Waals surface area (Å²) in [7, 11) is 0. The summed E-state index contributed by atoms with van der Waals surface area (Å²) in [6.07, 6.45) is 2.10. The molecule has 0 bridgehead atoms. The van der Waals surface area contributed by atoms with Crippen LogP contribution in [0.3, 0.4) is 0 Å². The normalized spacial score (nSPS) is 11.6. The first kappa shape index (κ1) is 27.2. The van der Waals surface area contributed by atoms with Crippen LogP contribution in [0.1, 0.15) is 38.9 Å². The van der Waals surface area contributed by atoms with Gasteiger partial charge in [-0.15, -0.1) is 57.3 Å². The van der Waals surface area contributed by atoms with Gasteiger partial charge in [-0.3, -0.25) is 0 Å². The van der Waals surface area contributed by atoms with E-state index in [2.05, 4.69) is 136 Å². The second-order valence-electron chi connectivity index (χ2n) is 10.4. The Bertz CT molecular complexity index is 1670. The minimum atomic E-state index is 0.